The van der Waals surface area contributed by atoms with Gasteiger partial charge in [0.05, 0.1) is 25.6 Å². The van der Waals surface area contributed by atoms with Crippen LogP contribution in [0.4, 0.5) is 0 Å². The molecule has 2 fully saturated rings. The van der Waals surface area contributed by atoms with E-state index in [0.29, 0.717) is 37.3 Å². The minimum Gasteiger partial charge on any atom is -0.738 e. The summed E-state index contributed by atoms with van der Waals surface area (Å²) in [5.74, 6) is 0. The number of rotatable bonds is 7. The number of hydrogen-bond acceptors (Lipinski definition) is 10. The third-order valence-electron chi connectivity index (χ3n) is 5.43. The molecule has 2 aromatic heterocycles. The number of fused-ring (bicyclic) bond motifs is 2. The third kappa shape index (κ3) is 3.61. The minimum atomic E-state index is -0.644. The van der Waals surface area contributed by atoms with Gasteiger partial charge in [-0.05, 0) is 13.0 Å². The number of imidazole rings is 1. The normalized spacial score (nSPS) is 26.7. The summed E-state index contributed by atoms with van der Waals surface area (Å²) in [6, 6.07) is -0.0689. The van der Waals surface area contributed by atoms with Crippen molar-refractivity contribution in [1.29, 1.82) is 0 Å². The Bertz CT molecular complexity index is 998. The van der Waals surface area contributed by atoms with E-state index in [1.54, 1.807) is 17.9 Å². The number of hydrogen-bond donors (Lipinski definition) is 2. The van der Waals surface area contributed by atoms with E-state index in [1.807, 2.05) is 0 Å². The van der Waals surface area contributed by atoms with Crippen LogP contribution in [0.15, 0.2) is 15.9 Å². The first-order chi connectivity index (χ1) is 13.9. The van der Waals surface area contributed by atoms with Crippen molar-refractivity contribution < 1.29 is 19.5 Å². The molecular weight excluding hydrogens is 388 g/mol. The molecule has 2 saturated heterocycles. The molecule has 4 heterocycles. The maximum Gasteiger partial charge on any atom is 0.332 e. The van der Waals surface area contributed by atoms with Crippen LogP contribution in [0.5, 0.6) is 0 Å². The molecule has 2 aliphatic rings. The summed E-state index contributed by atoms with van der Waals surface area (Å²) in [6.07, 6.45) is 0.936. The van der Waals surface area contributed by atoms with E-state index in [9.17, 15) is 14.8 Å². The smallest absolute Gasteiger partial charge is 0.332 e. The summed E-state index contributed by atoms with van der Waals surface area (Å²) in [5.41, 5.74) is -0.0309. The van der Waals surface area contributed by atoms with Crippen LogP contribution in [0.3, 0.4) is 0 Å². The fraction of sp³-hybridized carbons (Fsp3) is 0.688. The Morgan fingerprint density at radius 1 is 1.31 bits per heavy atom. The lowest BCUT2D eigenvalue weighted by molar-refractivity contribution is -0.335. The highest BCUT2D eigenvalue weighted by molar-refractivity contribution is 5.69. The van der Waals surface area contributed by atoms with Gasteiger partial charge in [-0.15, -0.1) is 5.39 Å². The van der Waals surface area contributed by atoms with Crippen LogP contribution >= 0.6 is 0 Å². The summed E-state index contributed by atoms with van der Waals surface area (Å²) in [6.45, 7) is 1.73. The standard InChI is InChI=1S/C16H23N6O7/c1-19-14-11(15(23)20(2)16(19)24)21(8-18-14)5-3-4-17-9-6-27-13-10(29-22(25)26)7-28-12(9)13/h8-10,12-13,17,25H,3-7H2,1-2H3/q-1. The highest BCUT2D eigenvalue weighted by Crippen LogP contribution is 2.29. The van der Waals surface area contributed by atoms with E-state index >= 15 is 0 Å². The highest BCUT2D eigenvalue weighted by atomic mass is 17.1. The predicted molar refractivity (Wildman–Crippen MR) is 98.0 cm³/mol. The van der Waals surface area contributed by atoms with E-state index in [4.69, 9.17) is 19.5 Å². The number of nitrogens with one attached hydrogen (secondary N) is 1. The van der Waals surface area contributed by atoms with Gasteiger partial charge in [-0.25, -0.2) is 9.78 Å². The van der Waals surface area contributed by atoms with Crippen LogP contribution < -0.4 is 16.6 Å². The Labute approximate surface area is 164 Å². The summed E-state index contributed by atoms with van der Waals surface area (Å²) in [4.78, 5) is 33.4. The molecule has 29 heavy (non-hydrogen) atoms. The molecule has 0 bridgehead atoms. The van der Waals surface area contributed by atoms with Gasteiger partial charge in [0.1, 0.15) is 18.3 Å². The van der Waals surface area contributed by atoms with Crippen LogP contribution in [-0.4, -0.2) is 73.4 Å². The molecule has 0 amide bonds. The lowest BCUT2D eigenvalue weighted by atomic mass is 10.1. The number of nitrogens with zero attached hydrogens (tertiary/aromatic N) is 5. The summed E-state index contributed by atoms with van der Waals surface area (Å²) < 4.78 is 15.4. The second kappa shape index (κ2) is 7.95. The largest absolute Gasteiger partial charge is 0.738 e. The molecule has 13 nitrogen and oxygen atoms in total. The van der Waals surface area contributed by atoms with Crippen LogP contribution in [0.25, 0.3) is 11.2 Å². The van der Waals surface area contributed by atoms with E-state index in [-0.39, 0.29) is 24.3 Å². The van der Waals surface area contributed by atoms with Crippen LogP contribution in [0, 0.1) is 5.21 Å². The fourth-order valence-electron chi connectivity index (χ4n) is 3.95. The molecule has 2 N–H and O–H groups in total. The number of aromatic nitrogens is 4. The van der Waals surface area contributed by atoms with E-state index < -0.39 is 23.3 Å². The van der Waals surface area contributed by atoms with Gasteiger partial charge in [0.15, 0.2) is 11.2 Å². The molecule has 0 aromatic carbocycles. The predicted octanol–water partition coefficient (Wildman–Crippen LogP) is -1.93. The van der Waals surface area contributed by atoms with Crippen molar-refractivity contribution in [2.24, 2.45) is 14.1 Å². The zero-order valence-electron chi connectivity index (χ0n) is 16.1. The zero-order chi connectivity index (χ0) is 20.7. The van der Waals surface area contributed by atoms with E-state index in [1.165, 1.54) is 11.6 Å². The molecule has 2 aromatic rings. The maximum absolute atomic E-state index is 12.4. The number of aryl methyl sites for hydroxylation is 2. The molecule has 4 unspecified atom stereocenters. The second-order valence-corrected chi connectivity index (χ2v) is 7.21. The molecular formula is C16H23N6O7-. The first-order valence-electron chi connectivity index (χ1n) is 9.29. The Morgan fingerprint density at radius 2 is 2.07 bits per heavy atom. The van der Waals surface area contributed by atoms with Gasteiger partial charge < -0.3 is 29.8 Å². The summed E-state index contributed by atoms with van der Waals surface area (Å²) >= 11 is 0. The van der Waals surface area contributed by atoms with Gasteiger partial charge in [0, 0.05) is 20.6 Å². The fourth-order valence-corrected chi connectivity index (χ4v) is 3.95. The molecule has 0 spiro atoms. The minimum absolute atomic E-state index is 0.0689. The Morgan fingerprint density at radius 3 is 2.83 bits per heavy atom. The van der Waals surface area contributed by atoms with Crippen molar-refractivity contribution in [3.63, 3.8) is 0 Å². The molecule has 4 rings (SSSR count). The molecule has 0 saturated carbocycles. The molecule has 0 aliphatic carbocycles. The average molecular weight is 411 g/mol. The summed E-state index contributed by atoms with van der Waals surface area (Å²) in [7, 11) is 3.03. The topological polar surface area (TPSA) is 148 Å². The maximum atomic E-state index is 12.4. The molecule has 2 aliphatic heterocycles. The van der Waals surface area contributed by atoms with Crippen molar-refractivity contribution in [1.82, 2.24) is 29.4 Å². The highest BCUT2D eigenvalue weighted by Gasteiger charge is 2.48. The van der Waals surface area contributed by atoms with Crippen molar-refractivity contribution in [2.75, 3.05) is 19.8 Å². The van der Waals surface area contributed by atoms with Gasteiger partial charge in [-0.2, -0.15) is 0 Å². The first kappa shape index (κ1) is 20.2. The van der Waals surface area contributed by atoms with Gasteiger partial charge in [0.25, 0.3) is 5.56 Å². The Balaban J connectivity index is 1.34. The van der Waals surface area contributed by atoms with Crippen LogP contribution in [0.1, 0.15) is 6.42 Å². The van der Waals surface area contributed by atoms with Crippen LogP contribution in [-0.2, 0) is 35.0 Å². The third-order valence-corrected chi connectivity index (χ3v) is 5.43. The SMILES string of the molecule is Cn1c(=O)c2c(ncn2CCCNC2COC3C(ON([O-])O)COC23)n(C)c1=O. The number of ether oxygens (including phenoxy) is 2. The molecule has 13 heteroatoms. The van der Waals surface area contributed by atoms with Gasteiger partial charge >= 0.3 is 5.69 Å². The van der Waals surface area contributed by atoms with Gasteiger partial charge in [-0.1, -0.05) is 0 Å². The Hall–Kier alpha value is -2.13. The lowest BCUT2D eigenvalue weighted by Gasteiger charge is -2.24. The second-order valence-electron chi connectivity index (χ2n) is 7.21. The first-order valence-corrected chi connectivity index (χ1v) is 9.29. The van der Waals surface area contributed by atoms with Crippen LogP contribution in [0.2, 0.25) is 0 Å². The van der Waals surface area contributed by atoms with Crippen molar-refractivity contribution >= 4 is 11.2 Å². The van der Waals surface area contributed by atoms with Crippen molar-refractivity contribution in [2.45, 2.75) is 37.3 Å². The lowest BCUT2D eigenvalue weighted by Crippen LogP contribution is -2.42. The zero-order valence-corrected chi connectivity index (χ0v) is 16.1. The Kier molecular flexibility index (Phi) is 5.52. The molecule has 4 atom stereocenters. The van der Waals surface area contributed by atoms with Gasteiger partial charge in [0.2, 0.25) is 0 Å². The molecule has 160 valence electrons. The average Bonchev–Trinajstić information content (AvgIpc) is 3.38. The van der Waals surface area contributed by atoms with Gasteiger partial charge in [-0.3, -0.25) is 18.8 Å². The molecule has 0 radical (unpaired) electrons. The van der Waals surface area contributed by atoms with E-state index in [2.05, 4.69) is 10.3 Å². The monoisotopic (exact) mass is 411 g/mol. The van der Waals surface area contributed by atoms with Crippen molar-refractivity contribution in [3.8, 4) is 0 Å². The van der Waals surface area contributed by atoms with E-state index in [0.717, 1.165) is 4.57 Å². The van der Waals surface area contributed by atoms with Crippen molar-refractivity contribution in [3.05, 3.63) is 32.4 Å². The summed E-state index contributed by atoms with van der Waals surface area (Å²) in [5, 5.41) is 22.1. The quantitative estimate of drug-likeness (QED) is 0.390.